The van der Waals surface area contributed by atoms with Gasteiger partial charge < -0.3 is 10.2 Å². The van der Waals surface area contributed by atoms with Gasteiger partial charge in [0.05, 0.1) is 0 Å². The van der Waals surface area contributed by atoms with Crippen LogP contribution in [0.2, 0.25) is 0 Å². The fourth-order valence-electron chi connectivity index (χ4n) is 1.98. The average molecular weight is 251 g/mol. The summed E-state index contributed by atoms with van der Waals surface area (Å²) < 4.78 is 0. The highest BCUT2D eigenvalue weighted by Gasteiger charge is 2.17. The van der Waals surface area contributed by atoms with Crippen molar-refractivity contribution in [1.29, 1.82) is 0 Å². The predicted octanol–water partition coefficient (Wildman–Crippen LogP) is 2.85. The molecule has 94 valence electrons. The Morgan fingerprint density at radius 2 is 2.41 bits per heavy atom. The van der Waals surface area contributed by atoms with E-state index in [2.05, 4.69) is 41.2 Å². The summed E-state index contributed by atoms with van der Waals surface area (Å²) in [6.07, 6.45) is 1.13. The Labute approximate surface area is 108 Å². The number of hydrogen-bond acceptors (Lipinski definition) is 4. The van der Waals surface area contributed by atoms with Crippen LogP contribution in [0.4, 0.5) is 11.6 Å². The Kier molecular flexibility index (Phi) is 4.54. The van der Waals surface area contributed by atoms with E-state index in [1.54, 1.807) is 0 Å². The molecular formula is C13H21N3S. The van der Waals surface area contributed by atoms with Crippen molar-refractivity contribution in [1.82, 2.24) is 4.98 Å². The summed E-state index contributed by atoms with van der Waals surface area (Å²) in [6.45, 7) is 7.66. The highest BCUT2D eigenvalue weighted by Crippen LogP contribution is 2.23. The zero-order valence-electron chi connectivity index (χ0n) is 10.6. The first-order valence-electron chi connectivity index (χ1n) is 6.37. The number of thioether (sulfide) groups is 1. The zero-order chi connectivity index (χ0) is 12.1. The van der Waals surface area contributed by atoms with Crippen LogP contribution in [-0.2, 0) is 0 Å². The molecule has 0 amide bonds. The fourth-order valence-corrected chi connectivity index (χ4v) is 2.99. The van der Waals surface area contributed by atoms with Crippen LogP contribution in [0.3, 0.4) is 0 Å². The minimum atomic E-state index is 0.706. The molecule has 3 nitrogen and oxygen atoms in total. The standard InChI is InChI=1S/C13H21N3S/c1-3-7-14-12-5-4-6-13(15-12)16-8-9-17-11(2)10-16/h4-6,11H,3,7-10H2,1-2H3,(H,14,15). The number of rotatable bonds is 4. The number of pyridine rings is 1. The molecule has 1 N–H and O–H groups in total. The Balaban J connectivity index is 2.04. The van der Waals surface area contributed by atoms with Gasteiger partial charge in [0.1, 0.15) is 11.6 Å². The summed E-state index contributed by atoms with van der Waals surface area (Å²) in [5.74, 6) is 3.31. The van der Waals surface area contributed by atoms with Crippen molar-refractivity contribution in [2.75, 3.05) is 35.6 Å². The molecule has 0 spiro atoms. The molecule has 1 aliphatic heterocycles. The van der Waals surface area contributed by atoms with Crippen molar-refractivity contribution in [2.45, 2.75) is 25.5 Å². The van der Waals surface area contributed by atoms with Gasteiger partial charge >= 0.3 is 0 Å². The molecule has 0 aliphatic carbocycles. The Morgan fingerprint density at radius 1 is 1.53 bits per heavy atom. The van der Waals surface area contributed by atoms with Gasteiger partial charge in [0, 0.05) is 30.6 Å². The number of aromatic nitrogens is 1. The number of nitrogens with one attached hydrogen (secondary N) is 1. The van der Waals surface area contributed by atoms with E-state index in [-0.39, 0.29) is 0 Å². The van der Waals surface area contributed by atoms with Crippen molar-refractivity contribution in [3.8, 4) is 0 Å². The summed E-state index contributed by atoms with van der Waals surface area (Å²) >= 11 is 2.05. The predicted molar refractivity (Wildman–Crippen MR) is 77.2 cm³/mol. The molecule has 1 unspecified atom stereocenters. The molecule has 1 aromatic heterocycles. The smallest absolute Gasteiger partial charge is 0.131 e. The van der Waals surface area contributed by atoms with Crippen LogP contribution < -0.4 is 10.2 Å². The third kappa shape index (κ3) is 3.53. The van der Waals surface area contributed by atoms with Crippen LogP contribution >= 0.6 is 11.8 Å². The number of nitrogens with zero attached hydrogens (tertiary/aromatic N) is 2. The minimum Gasteiger partial charge on any atom is -0.370 e. The molecule has 0 saturated carbocycles. The molecule has 0 bridgehead atoms. The van der Waals surface area contributed by atoms with Crippen LogP contribution in [0.5, 0.6) is 0 Å². The number of anilines is 2. The van der Waals surface area contributed by atoms with Crippen LogP contribution in [0.25, 0.3) is 0 Å². The van der Waals surface area contributed by atoms with Gasteiger partial charge in [-0.15, -0.1) is 0 Å². The second-order valence-electron chi connectivity index (χ2n) is 4.44. The van der Waals surface area contributed by atoms with Gasteiger partial charge in [-0.3, -0.25) is 0 Å². The normalized spacial score (nSPS) is 20.4. The van der Waals surface area contributed by atoms with Gasteiger partial charge in [-0.1, -0.05) is 19.9 Å². The zero-order valence-corrected chi connectivity index (χ0v) is 11.5. The van der Waals surface area contributed by atoms with E-state index in [0.29, 0.717) is 5.25 Å². The monoisotopic (exact) mass is 251 g/mol. The van der Waals surface area contributed by atoms with Crippen LogP contribution in [0, 0.1) is 0 Å². The molecule has 17 heavy (non-hydrogen) atoms. The molecule has 0 radical (unpaired) electrons. The van der Waals surface area contributed by atoms with Crippen molar-refractivity contribution in [2.24, 2.45) is 0 Å². The first-order chi connectivity index (χ1) is 8.29. The van der Waals surface area contributed by atoms with Crippen molar-refractivity contribution < 1.29 is 0 Å². The molecule has 2 rings (SSSR count). The van der Waals surface area contributed by atoms with E-state index >= 15 is 0 Å². The first kappa shape index (κ1) is 12.6. The summed E-state index contributed by atoms with van der Waals surface area (Å²) in [6, 6.07) is 6.24. The minimum absolute atomic E-state index is 0.706. The van der Waals surface area contributed by atoms with Crippen molar-refractivity contribution in [3.05, 3.63) is 18.2 Å². The lowest BCUT2D eigenvalue weighted by Gasteiger charge is -2.31. The topological polar surface area (TPSA) is 28.2 Å². The maximum absolute atomic E-state index is 4.67. The van der Waals surface area contributed by atoms with E-state index < -0.39 is 0 Å². The molecule has 0 aromatic carbocycles. The molecule has 1 saturated heterocycles. The lowest BCUT2D eigenvalue weighted by molar-refractivity contribution is 0.770. The van der Waals surface area contributed by atoms with E-state index in [1.165, 1.54) is 5.75 Å². The van der Waals surface area contributed by atoms with E-state index in [1.807, 2.05) is 17.8 Å². The molecule has 1 atom stereocenters. The average Bonchev–Trinajstić information content (AvgIpc) is 2.37. The summed E-state index contributed by atoms with van der Waals surface area (Å²) in [5, 5.41) is 4.05. The maximum atomic E-state index is 4.67. The maximum Gasteiger partial charge on any atom is 0.131 e. The van der Waals surface area contributed by atoms with Gasteiger partial charge in [0.2, 0.25) is 0 Å². The van der Waals surface area contributed by atoms with Gasteiger partial charge in [-0.2, -0.15) is 11.8 Å². The molecule has 1 fully saturated rings. The van der Waals surface area contributed by atoms with Crippen LogP contribution in [0.1, 0.15) is 20.3 Å². The summed E-state index contributed by atoms with van der Waals surface area (Å²) in [7, 11) is 0. The van der Waals surface area contributed by atoms with Gasteiger partial charge in [-0.25, -0.2) is 4.98 Å². The number of hydrogen-bond donors (Lipinski definition) is 1. The summed E-state index contributed by atoms with van der Waals surface area (Å²) in [4.78, 5) is 7.06. The fraction of sp³-hybridized carbons (Fsp3) is 0.615. The second-order valence-corrected chi connectivity index (χ2v) is 5.98. The van der Waals surface area contributed by atoms with Crippen molar-refractivity contribution >= 4 is 23.4 Å². The molecule has 1 aromatic rings. The van der Waals surface area contributed by atoms with Crippen LogP contribution in [-0.4, -0.2) is 35.6 Å². The quantitative estimate of drug-likeness (QED) is 0.890. The molecule has 1 aliphatic rings. The van der Waals surface area contributed by atoms with Gasteiger partial charge in [-0.05, 0) is 18.6 Å². The lowest BCUT2D eigenvalue weighted by Crippen LogP contribution is -2.37. The molecule has 4 heteroatoms. The van der Waals surface area contributed by atoms with E-state index in [4.69, 9.17) is 0 Å². The SMILES string of the molecule is CCCNc1cccc(N2CCSC(C)C2)n1. The third-order valence-electron chi connectivity index (χ3n) is 2.86. The highest BCUT2D eigenvalue weighted by atomic mass is 32.2. The van der Waals surface area contributed by atoms with E-state index in [0.717, 1.165) is 37.7 Å². The van der Waals surface area contributed by atoms with Gasteiger partial charge in [0.15, 0.2) is 0 Å². The van der Waals surface area contributed by atoms with Crippen LogP contribution in [0.15, 0.2) is 18.2 Å². The Hall–Kier alpha value is -0.900. The van der Waals surface area contributed by atoms with Gasteiger partial charge in [0.25, 0.3) is 0 Å². The Bertz CT molecular complexity index is 356. The largest absolute Gasteiger partial charge is 0.370 e. The molecule has 2 heterocycles. The highest BCUT2D eigenvalue weighted by molar-refractivity contribution is 8.00. The van der Waals surface area contributed by atoms with E-state index in [9.17, 15) is 0 Å². The molecular weight excluding hydrogens is 230 g/mol. The first-order valence-corrected chi connectivity index (χ1v) is 7.42. The summed E-state index contributed by atoms with van der Waals surface area (Å²) in [5.41, 5.74) is 0. The third-order valence-corrected chi connectivity index (χ3v) is 3.99. The second kappa shape index (κ2) is 6.15. The Morgan fingerprint density at radius 3 is 3.18 bits per heavy atom. The lowest BCUT2D eigenvalue weighted by atomic mass is 10.3. The van der Waals surface area contributed by atoms with Crippen molar-refractivity contribution in [3.63, 3.8) is 0 Å².